The first kappa shape index (κ1) is 13.8. The van der Waals surface area contributed by atoms with Crippen LogP contribution in [0.15, 0.2) is 24.3 Å². The number of benzene rings is 1. The fourth-order valence-corrected chi connectivity index (χ4v) is 3.21. The van der Waals surface area contributed by atoms with Crippen LogP contribution in [-0.2, 0) is 0 Å². The normalized spacial score (nSPS) is 19.3. The third-order valence-electron chi connectivity index (χ3n) is 3.74. The summed E-state index contributed by atoms with van der Waals surface area (Å²) in [6.07, 6.45) is 5.41. The summed E-state index contributed by atoms with van der Waals surface area (Å²) in [7, 11) is 0. The van der Waals surface area contributed by atoms with Crippen molar-refractivity contribution in [3.05, 3.63) is 35.6 Å². The summed E-state index contributed by atoms with van der Waals surface area (Å²) in [5, 5.41) is 13.3. The Bertz CT molecular complexity index is 372. The predicted molar refractivity (Wildman–Crippen MR) is 74.3 cm³/mol. The van der Waals surface area contributed by atoms with Gasteiger partial charge in [0.2, 0.25) is 0 Å². The third-order valence-corrected chi connectivity index (χ3v) is 5.16. The second kappa shape index (κ2) is 6.04. The first-order chi connectivity index (χ1) is 8.65. The zero-order valence-corrected chi connectivity index (χ0v) is 11.5. The second-order valence-corrected chi connectivity index (χ2v) is 6.21. The van der Waals surface area contributed by atoms with Crippen molar-refractivity contribution in [1.82, 2.24) is 5.32 Å². The van der Waals surface area contributed by atoms with Gasteiger partial charge in [-0.2, -0.15) is 11.8 Å². The minimum Gasteiger partial charge on any atom is -0.387 e. The number of thioether (sulfide) groups is 1. The lowest BCUT2D eigenvalue weighted by molar-refractivity contribution is 0.171. The summed E-state index contributed by atoms with van der Waals surface area (Å²) in [6.45, 7) is 1.46. The highest BCUT2D eigenvalue weighted by Gasteiger charge is 2.35. The van der Waals surface area contributed by atoms with Gasteiger partial charge in [0.15, 0.2) is 0 Å². The highest BCUT2D eigenvalue weighted by atomic mass is 32.2. The molecule has 0 bridgehead atoms. The molecular weight excluding hydrogens is 249 g/mol. The first-order valence-corrected chi connectivity index (χ1v) is 7.57. The topological polar surface area (TPSA) is 32.3 Å². The van der Waals surface area contributed by atoms with E-state index in [1.807, 2.05) is 11.8 Å². The molecule has 0 amide bonds. The van der Waals surface area contributed by atoms with Gasteiger partial charge in [0.25, 0.3) is 0 Å². The Balaban J connectivity index is 1.78. The zero-order valence-electron chi connectivity index (χ0n) is 10.7. The largest absolute Gasteiger partial charge is 0.387 e. The van der Waals surface area contributed by atoms with Gasteiger partial charge in [0.1, 0.15) is 5.82 Å². The van der Waals surface area contributed by atoms with Gasteiger partial charge >= 0.3 is 0 Å². The molecule has 0 radical (unpaired) electrons. The first-order valence-electron chi connectivity index (χ1n) is 6.35. The summed E-state index contributed by atoms with van der Waals surface area (Å²) >= 11 is 1.91. The smallest absolute Gasteiger partial charge is 0.123 e. The summed E-state index contributed by atoms with van der Waals surface area (Å²) < 4.78 is 13.1. The number of nitrogens with one attached hydrogen (secondary N) is 1. The minimum atomic E-state index is -0.565. The lowest BCUT2D eigenvalue weighted by atomic mass is 9.84. The highest BCUT2D eigenvalue weighted by molar-refractivity contribution is 8.00. The van der Waals surface area contributed by atoms with Gasteiger partial charge in [-0.05, 0) is 36.8 Å². The minimum absolute atomic E-state index is 0.269. The molecule has 0 saturated heterocycles. The Morgan fingerprint density at radius 2 is 2.06 bits per heavy atom. The van der Waals surface area contributed by atoms with E-state index in [2.05, 4.69) is 11.6 Å². The molecule has 1 aliphatic carbocycles. The molecule has 1 saturated carbocycles. The number of rotatable bonds is 6. The Morgan fingerprint density at radius 3 is 2.56 bits per heavy atom. The SMILES string of the molecule is CSC1(CNCC(O)c2ccc(F)cc2)CCC1. The molecule has 18 heavy (non-hydrogen) atoms. The molecule has 0 spiro atoms. The van der Waals surface area contributed by atoms with Crippen LogP contribution in [-0.4, -0.2) is 29.2 Å². The molecule has 0 aromatic heterocycles. The number of aliphatic hydroxyl groups excluding tert-OH is 1. The van der Waals surface area contributed by atoms with Gasteiger partial charge in [-0.15, -0.1) is 0 Å². The molecule has 1 fully saturated rings. The maximum absolute atomic E-state index is 12.8. The molecule has 1 atom stereocenters. The summed E-state index contributed by atoms with van der Waals surface area (Å²) in [5.74, 6) is -0.269. The van der Waals surface area contributed by atoms with Crippen molar-refractivity contribution in [2.75, 3.05) is 19.3 Å². The van der Waals surface area contributed by atoms with Crippen molar-refractivity contribution in [3.8, 4) is 0 Å². The monoisotopic (exact) mass is 269 g/mol. The molecule has 1 unspecified atom stereocenters. The average molecular weight is 269 g/mol. The fourth-order valence-electron chi connectivity index (χ4n) is 2.26. The molecule has 0 aliphatic heterocycles. The van der Waals surface area contributed by atoms with E-state index in [0.717, 1.165) is 12.1 Å². The van der Waals surface area contributed by atoms with Crippen LogP contribution in [0.4, 0.5) is 4.39 Å². The van der Waals surface area contributed by atoms with Crippen LogP contribution in [0.5, 0.6) is 0 Å². The van der Waals surface area contributed by atoms with Crippen LogP contribution in [0.25, 0.3) is 0 Å². The molecule has 2 rings (SSSR count). The maximum Gasteiger partial charge on any atom is 0.123 e. The van der Waals surface area contributed by atoms with Gasteiger partial charge in [-0.3, -0.25) is 0 Å². The average Bonchev–Trinajstić information content (AvgIpc) is 2.33. The van der Waals surface area contributed by atoms with E-state index in [-0.39, 0.29) is 5.82 Å². The summed E-state index contributed by atoms with van der Waals surface area (Å²) in [4.78, 5) is 0. The predicted octanol–water partition coefficient (Wildman–Crippen LogP) is 2.73. The third kappa shape index (κ3) is 3.25. The number of halogens is 1. The molecule has 2 nitrogen and oxygen atoms in total. The Kier molecular flexibility index (Phi) is 4.65. The van der Waals surface area contributed by atoms with E-state index in [4.69, 9.17) is 0 Å². The van der Waals surface area contributed by atoms with Crippen molar-refractivity contribution < 1.29 is 9.50 Å². The van der Waals surface area contributed by atoms with Gasteiger partial charge < -0.3 is 10.4 Å². The van der Waals surface area contributed by atoms with Crippen molar-refractivity contribution >= 4 is 11.8 Å². The van der Waals surface area contributed by atoms with E-state index in [1.165, 1.54) is 31.4 Å². The Morgan fingerprint density at radius 1 is 1.39 bits per heavy atom. The Hall–Kier alpha value is -0.580. The second-order valence-electron chi connectivity index (χ2n) is 4.94. The van der Waals surface area contributed by atoms with E-state index in [1.54, 1.807) is 12.1 Å². The molecule has 0 heterocycles. The van der Waals surface area contributed by atoms with Crippen LogP contribution in [0.1, 0.15) is 30.9 Å². The van der Waals surface area contributed by atoms with Crippen molar-refractivity contribution in [2.24, 2.45) is 0 Å². The lowest BCUT2D eigenvalue weighted by Crippen LogP contribution is -2.44. The maximum atomic E-state index is 12.8. The fraction of sp³-hybridized carbons (Fsp3) is 0.571. The van der Waals surface area contributed by atoms with Gasteiger partial charge in [-0.25, -0.2) is 4.39 Å². The molecule has 1 aromatic carbocycles. The highest BCUT2D eigenvalue weighted by Crippen LogP contribution is 2.42. The van der Waals surface area contributed by atoms with Crippen LogP contribution in [0, 0.1) is 5.82 Å². The van der Waals surface area contributed by atoms with Crippen molar-refractivity contribution in [2.45, 2.75) is 30.1 Å². The number of hydrogen-bond donors (Lipinski definition) is 2. The van der Waals surface area contributed by atoms with Crippen LogP contribution >= 0.6 is 11.8 Å². The number of hydrogen-bond acceptors (Lipinski definition) is 3. The van der Waals surface area contributed by atoms with Crippen molar-refractivity contribution in [1.29, 1.82) is 0 Å². The molecule has 1 aliphatic rings. The Labute approximate surface area is 112 Å². The van der Waals surface area contributed by atoms with Crippen LogP contribution in [0.3, 0.4) is 0 Å². The molecule has 4 heteroatoms. The lowest BCUT2D eigenvalue weighted by Gasteiger charge is -2.40. The number of aliphatic hydroxyl groups is 1. The van der Waals surface area contributed by atoms with Crippen molar-refractivity contribution in [3.63, 3.8) is 0 Å². The standard InChI is InChI=1S/C14H20FNOS/c1-18-14(7-2-8-14)10-16-9-13(17)11-3-5-12(15)6-4-11/h3-6,13,16-17H,2,7-10H2,1H3. The zero-order chi connectivity index (χ0) is 13.0. The summed E-state index contributed by atoms with van der Waals surface area (Å²) in [6, 6.07) is 6.03. The van der Waals surface area contributed by atoms with Gasteiger partial charge in [-0.1, -0.05) is 18.6 Å². The summed E-state index contributed by atoms with van der Waals surface area (Å²) in [5.41, 5.74) is 0.760. The van der Waals surface area contributed by atoms with E-state index in [0.29, 0.717) is 11.3 Å². The molecule has 2 N–H and O–H groups in total. The van der Waals surface area contributed by atoms with Crippen LogP contribution < -0.4 is 5.32 Å². The molecular formula is C14H20FNOS. The van der Waals surface area contributed by atoms with Crippen LogP contribution in [0.2, 0.25) is 0 Å². The molecule has 100 valence electrons. The molecule has 1 aromatic rings. The quantitative estimate of drug-likeness (QED) is 0.833. The van der Waals surface area contributed by atoms with E-state index >= 15 is 0 Å². The van der Waals surface area contributed by atoms with Gasteiger partial charge in [0.05, 0.1) is 6.10 Å². The van der Waals surface area contributed by atoms with E-state index < -0.39 is 6.10 Å². The van der Waals surface area contributed by atoms with Gasteiger partial charge in [0, 0.05) is 17.8 Å². The van der Waals surface area contributed by atoms with E-state index in [9.17, 15) is 9.50 Å².